The predicted octanol–water partition coefficient (Wildman–Crippen LogP) is 2.13. The summed E-state index contributed by atoms with van der Waals surface area (Å²) in [5, 5.41) is 3.06. The van der Waals surface area contributed by atoms with Gasteiger partial charge in [-0.2, -0.15) is 0 Å². The van der Waals surface area contributed by atoms with Crippen molar-refractivity contribution < 1.29 is 0 Å². The lowest BCUT2D eigenvalue weighted by molar-refractivity contribution is 0.836. The summed E-state index contributed by atoms with van der Waals surface area (Å²) in [5.41, 5.74) is 4.21. The molecule has 0 radical (unpaired) electrons. The van der Waals surface area contributed by atoms with Crippen LogP contribution in [0.2, 0.25) is 0 Å². The van der Waals surface area contributed by atoms with Gasteiger partial charge < -0.3 is 5.43 Å². The Balaban J connectivity index is 2.05. The molecule has 1 aromatic heterocycles. The highest BCUT2D eigenvalue weighted by Crippen LogP contribution is 2.28. The minimum atomic E-state index is 0.889. The number of hydrazine groups is 1. The van der Waals surface area contributed by atoms with Crippen LogP contribution in [0.1, 0.15) is 0 Å². The zero-order valence-electron chi connectivity index (χ0n) is 7.47. The number of thiazole rings is 1. The van der Waals surface area contributed by atoms with Crippen LogP contribution in [0.3, 0.4) is 0 Å². The van der Waals surface area contributed by atoms with Crippen LogP contribution in [0.5, 0.6) is 0 Å². The van der Waals surface area contributed by atoms with Crippen LogP contribution >= 0.6 is 11.3 Å². The normalized spacial score (nSPS) is 15.0. The molecule has 0 saturated carbocycles. The highest BCUT2D eigenvalue weighted by Gasteiger charge is 2.11. The molecule has 1 N–H and O–H groups in total. The summed E-state index contributed by atoms with van der Waals surface area (Å²) in [6.45, 7) is 0.889. The van der Waals surface area contributed by atoms with Gasteiger partial charge in [0.25, 0.3) is 0 Å². The highest BCUT2D eigenvalue weighted by atomic mass is 32.1. The van der Waals surface area contributed by atoms with E-state index in [0.717, 1.165) is 17.2 Å². The van der Waals surface area contributed by atoms with Gasteiger partial charge in [0.05, 0.1) is 16.8 Å². The van der Waals surface area contributed by atoms with E-state index in [1.54, 1.807) is 11.3 Å². The first-order chi connectivity index (χ1) is 6.93. The maximum atomic E-state index is 4.54. The number of fused-ring (bicyclic) bond motifs is 1. The molecule has 1 aliphatic rings. The molecule has 70 valence electrons. The lowest BCUT2D eigenvalue weighted by atomic mass is 10.3. The monoisotopic (exact) mass is 203 g/mol. The van der Waals surface area contributed by atoms with Crippen molar-refractivity contribution in [3.8, 4) is 0 Å². The standard InChI is InChI=1S/C10H9N3S/c1-2-5-9-8(4-1)12-10(14-9)13-7-3-6-11-13/h1-6,11H,7H2. The minimum absolute atomic E-state index is 0.889. The van der Waals surface area contributed by atoms with Crippen LogP contribution in [0.25, 0.3) is 10.2 Å². The van der Waals surface area contributed by atoms with Crippen LogP contribution in [-0.4, -0.2) is 11.5 Å². The highest BCUT2D eigenvalue weighted by molar-refractivity contribution is 7.22. The van der Waals surface area contributed by atoms with Crippen LogP contribution in [0.15, 0.2) is 36.5 Å². The molecule has 0 unspecified atom stereocenters. The van der Waals surface area contributed by atoms with Gasteiger partial charge in [0, 0.05) is 6.20 Å². The summed E-state index contributed by atoms with van der Waals surface area (Å²) in [7, 11) is 0. The molecule has 0 saturated heterocycles. The Bertz CT molecular complexity index is 448. The number of rotatable bonds is 1. The van der Waals surface area contributed by atoms with Crippen LogP contribution in [0, 0.1) is 0 Å². The first-order valence-corrected chi connectivity index (χ1v) is 5.29. The molecule has 3 rings (SSSR count). The van der Waals surface area contributed by atoms with Crippen molar-refractivity contribution in [2.75, 3.05) is 11.6 Å². The SMILES string of the molecule is C1=CNN(c2nc3ccccc3s2)C1. The number of nitrogens with one attached hydrogen (secondary N) is 1. The molecule has 4 heteroatoms. The lowest BCUT2D eigenvalue weighted by Crippen LogP contribution is -2.29. The van der Waals surface area contributed by atoms with Gasteiger partial charge in [-0.1, -0.05) is 23.5 Å². The second kappa shape index (κ2) is 2.99. The molecular formula is C10H9N3S. The van der Waals surface area contributed by atoms with Crippen molar-refractivity contribution in [3.05, 3.63) is 36.5 Å². The van der Waals surface area contributed by atoms with E-state index in [-0.39, 0.29) is 0 Å². The lowest BCUT2D eigenvalue weighted by Gasteiger charge is -2.13. The number of hydrogen-bond acceptors (Lipinski definition) is 4. The fourth-order valence-electron chi connectivity index (χ4n) is 1.46. The number of para-hydroxylation sites is 1. The average Bonchev–Trinajstić information content (AvgIpc) is 2.86. The van der Waals surface area contributed by atoms with Gasteiger partial charge in [-0.3, -0.25) is 5.01 Å². The largest absolute Gasteiger partial charge is 0.304 e. The van der Waals surface area contributed by atoms with Gasteiger partial charge in [0.1, 0.15) is 0 Å². The Morgan fingerprint density at radius 3 is 3.07 bits per heavy atom. The van der Waals surface area contributed by atoms with Gasteiger partial charge in [0.2, 0.25) is 5.13 Å². The summed E-state index contributed by atoms with van der Waals surface area (Å²) in [6.07, 6.45) is 4.01. The number of nitrogens with zero attached hydrogens (tertiary/aromatic N) is 2. The minimum Gasteiger partial charge on any atom is -0.304 e. The van der Waals surface area contributed by atoms with Crippen LogP contribution in [0.4, 0.5) is 5.13 Å². The number of aromatic nitrogens is 1. The molecule has 0 fully saturated rings. The summed E-state index contributed by atoms with van der Waals surface area (Å²) in [5.74, 6) is 0. The third-order valence-electron chi connectivity index (χ3n) is 2.15. The van der Waals surface area contributed by atoms with Gasteiger partial charge in [-0.05, 0) is 18.2 Å². The van der Waals surface area contributed by atoms with E-state index in [2.05, 4.69) is 22.6 Å². The topological polar surface area (TPSA) is 28.2 Å². The maximum absolute atomic E-state index is 4.54. The van der Waals surface area contributed by atoms with Crippen molar-refractivity contribution in [2.24, 2.45) is 0 Å². The summed E-state index contributed by atoms with van der Waals surface area (Å²) >= 11 is 1.71. The van der Waals surface area contributed by atoms with Gasteiger partial charge in [0.15, 0.2) is 0 Å². The molecule has 0 spiro atoms. The smallest absolute Gasteiger partial charge is 0.205 e. The zero-order valence-corrected chi connectivity index (χ0v) is 8.29. The molecular weight excluding hydrogens is 194 g/mol. The summed E-state index contributed by atoms with van der Waals surface area (Å²) < 4.78 is 1.23. The van der Waals surface area contributed by atoms with Crippen molar-refractivity contribution in [1.82, 2.24) is 10.4 Å². The van der Waals surface area contributed by atoms with Gasteiger partial charge in [-0.15, -0.1) is 0 Å². The molecule has 1 aliphatic heterocycles. The zero-order chi connectivity index (χ0) is 9.38. The quantitative estimate of drug-likeness (QED) is 0.769. The van der Waals surface area contributed by atoms with Crippen molar-refractivity contribution in [1.29, 1.82) is 0 Å². The predicted molar refractivity (Wildman–Crippen MR) is 59.2 cm³/mol. The Morgan fingerprint density at radius 2 is 2.29 bits per heavy atom. The third-order valence-corrected chi connectivity index (χ3v) is 3.21. The van der Waals surface area contributed by atoms with Crippen molar-refractivity contribution in [2.45, 2.75) is 0 Å². The van der Waals surface area contributed by atoms with Crippen LogP contribution in [-0.2, 0) is 0 Å². The molecule has 3 nitrogen and oxygen atoms in total. The molecule has 14 heavy (non-hydrogen) atoms. The Labute approximate surface area is 85.7 Å². The van der Waals surface area contributed by atoms with E-state index in [1.807, 2.05) is 29.4 Å². The van der Waals surface area contributed by atoms with E-state index in [1.165, 1.54) is 4.70 Å². The second-order valence-electron chi connectivity index (χ2n) is 3.11. The molecule has 0 amide bonds. The first-order valence-electron chi connectivity index (χ1n) is 4.48. The average molecular weight is 203 g/mol. The van der Waals surface area contributed by atoms with Crippen LogP contribution < -0.4 is 10.4 Å². The first kappa shape index (κ1) is 7.82. The Hall–Kier alpha value is -1.55. The fraction of sp³-hybridized carbons (Fsp3) is 0.100. The number of hydrogen-bond donors (Lipinski definition) is 1. The van der Waals surface area contributed by atoms with Gasteiger partial charge >= 0.3 is 0 Å². The summed E-state index contributed by atoms with van der Waals surface area (Å²) in [6, 6.07) is 8.19. The van der Waals surface area contributed by atoms with Gasteiger partial charge in [-0.25, -0.2) is 4.98 Å². The molecule has 2 heterocycles. The fourth-order valence-corrected chi connectivity index (χ4v) is 2.41. The Kier molecular flexibility index (Phi) is 1.67. The van der Waals surface area contributed by atoms with E-state index in [4.69, 9.17) is 0 Å². The molecule has 1 aromatic carbocycles. The van der Waals surface area contributed by atoms with Crippen molar-refractivity contribution in [3.63, 3.8) is 0 Å². The molecule has 0 bridgehead atoms. The Morgan fingerprint density at radius 1 is 1.36 bits per heavy atom. The molecule has 0 atom stereocenters. The van der Waals surface area contributed by atoms with E-state index < -0.39 is 0 Å². The second-order valence-corrected chi connectivity index (χ2v) is 4.12. The number of anilines is 1. The molecule has 0 aliphatic carbocycles. The van der Waals surface area contributed by atoms with Crippen molar-refractivity contribution >= 4 is 26.7 Å². The van der Waals surface area contributed by atoms with E-state index in [0.29, 0.717) is 0 Å². The maximum Gasteiger partial charge on any atom is 0.205 e. The third kappa shape index (κ3) is 1.15. The summed E-state index contributed by atoms with van der Waals surface area (Å²) in [4.78, 5) is 4.54. The van der Waals surface area contributed by atoms with E-state index >= 15 is 0 Å². The van der Waals surface area contributed by atoms with E-state index in [9.17, 15) is 0 Å². The molecule has 2 aromatic rings. The number of benzene rings is 1.